The molecule has 2 aliphatic rings. The van der Waals surface area contributed by atoms with Crippen LogP contribution in [0.5, 0.6) is 0 Å². The lowest BCUT2D eigenvalue weighted by molar-refractivity contribution is -0.129. The van der Waals surface area contributed by atoms with Gasteiger partial charge in [-0.3, -0.25) is 14.5 Å². The van der Waals surface area contributed by atoms with E-state index in [2.05, 4.69) is 33.6 Å². The van der Waals surface area contributed by atoms with Crippen molar-refractivity contribution in [3.63, 3.8) is 0 Å². The van der Waals surface area contributed by atoms with Crippen molar-refractivity contribution in [2.24, 2.45) is 12.0 Å². The standard InChI is InChI=1S/C21H25N5O2/c1-14(28)26-9-7-20-19(13-26)21(24-25(20)2)23-17-5-3-15(4-6-17)16-11-18(8-10-27)22-12-16/h3-6,11-12,18,27H,7-10,13H2,1-2H3,(H,23,24). The monoisotopic (exact) mass is 379 g/mol. The van der Waals surface area contributed by atoms with E-state index in [1.807, 2.05) is 35.0 Å². The number of carbonyl (C=O) groups is 1. The number of rotatable bonds is 5. The van der Waals surface area contributed by atoms with Gasteiger partial charge in [-0.05, 0) is 29.7 Å². The minimum Gasteiger partial charge on any atom is -0.396 e. The number of nitrogens with one attached hydrogen (secondary N) is 1. The van der Waals surface area contributed by atoms with Crippen molar-refractivity contribution in [3.05, 3.63) is 47.2 Å². The molecule has 0 saturated heterocycles. The van der Waals surface area contributed by atoms with Gasteiger partial charge in [-0.25, -0.2) is 0 Å². The van der Waals surface area contributed by atoms with Crippen molar-refractivity contribution < 1.29 is 9.90 Å². The van der Waals surface area contributed by atoms with Gasteiger partial charge in [0.25, 0.3) is 0 Å². The van der Waals surface area contributed by atoms with Gasteiger partial charge >= 0.3 is 0 Å². The minimum absolute atomic E-state index is 0.0714. The number of carbonyl (C=O) groups excluding carboxylic acids is 1. The van der Waals surface area contributed by atoms with Crippen LogP contribution in [0, 0.1) is 0 Å². The van der Waals surface area contributed by atoms with Gasteiger partial charge in [0.2, 0.25) is 5.91 Å². The van der Waals surface area contributed by atoms with Crippen LogP contribution >= 0.6 is 0 Å². The number of aliphatic hydroxyl groups excluding tert-OH is 1. The molecule has 1 atom stereocenters. The zero-order valence-corrected chi connectivity index (χ0v) is 16.2. The van der Waals surface area contributed by atoms with Gasteiger partial charge in [-0.15, -0.1) is 0 Å². The topological polar surface area (TPSA) is 82.8 Å². The number of fused-ring (bicyclic) bond motifs is 1. The van der Waals surface area contributed by atoms with Crippen LogP contribution in [-0.4, -0.2) is 51.1 Å². The third kappa shape index (κ3) is 3.57. The number of allylic oxidation sites excluding steroid dienone is 1. The van der Waals surface area contributed by atoms with Gasteiger partial charge in [0, 0.05) is 56.7 Å². The SMILES string of the molecule is CC(=O)N1CCc2c(c(Nc3ccc(C4=CC(CCO)N=C4)cc3)nn2C)C1. The predicted molar refractivity (Wildman–Crippen MR) is 110 cm³/mol. The third-order valence-electron chi connectivity index (χ3n) is 5.37. The molecule has 0 spiro atoms. The van der Waals surface area contributed by atoms with E-state index < -0.39 is 0 Å². The Morgan fingerprint density at radius 3 is 2.82 bits per heavy atom. The molecule has 1 unspecified atom stereocenters. The second-order valence-corrected chi connectivity index (χ2v) is 7.27. The molecule has 2 N–H and O–H groups in total. The molecule has 0 bridgehead atoms. The highest BCUT2D eigenvalue weighted by molar-refractivity contribution is 6.11. The molecule has 146 valence electrons. The number of nitrogens with zero attached hydrogens (tertiary/aromatic N) is 4. The van der Waals surface area contributed by atoms with Gasteiger partial charge < -0.3 is 15.3 Å². The normalized spacial score (nSPS) is 18.2. The van der Waals surface area contributed by atoms with Crippen LogP contribution in [0.2, 0.25) is 0 Å². The summed E-state index contributed by atoms with van der Waals surface area (Å²) in [4.78, 5) is 18.0. The van der Waals surface area contributed by atoms with Gasteiger partial charge in [0.15, 0.2) is 5.82 Å². The van der Waals surface area contributed by atoms with E-state index in [0.717, 1.165) is 41.2 Å². The summed E-state index contributed by atoms with van der Waals surface area (Å²) < 4.78 is 1.91. The van der Waals surface area contributed by atoms with Gasteiger partial charge in [-0.2, -0.15) is 5.10 Å². The van der Waals surface area contributed by atoms with Crippen molar-refractivity contribution in [1.29, 1.82) is 0 Å². The number of amides is 1. The molecular formula is C21H25N5O2. The lowest BCUT2D eigenvalue weighted by atomic mass is 10.0. The molecule has 7 nitrogen and oxygen atoms in total. The summed E-state index contributed by atoms with van der Waals surface area (Å²) in [5, 5.41) is 17.1. The Morgan fingerprint density at radius 2 is 2.11 bits per heavy atom. The summed E-state index contributed by atoms with van der Waals surface area (Å²) in [6.07, 6.45) is 5.43. The number of benzene rings is 1. The Kier molecular flexibility index (Phi) is 5.00. The van der Waals surface area contributed by atoms with E-state index in [1.165, 1.54) is 5.69 Å². The molecule has 2 aliphatic heterocycles. The summed E-state index contributed by atoms with van der Waals surface area (Å²) in [6.45, 7) is 3.09. The Morgan fingerprint density at radius 1 is 1.32 bits per heavy atom. The number of aryl methyl sites for hydroxylation is 1. The molecule has 2 aromatic rings. The predicted octanol–water partition coefficient (Wildman–Crippen LogP) is 2.29. The molecule has 1 amide bonds. The maximum absolute atomic E-state index is 11.8. The molecule has 0 saturated carbocycles. The average Bonchev–Trinajstić information content (AvgIpc) is 3.28. The maximum Gasteiger partial charge on any atom is 0.219 e. The summed E-state index contributed by atoms with van der Waals surface area (Å²) in [5.74, 6) is 0.900. The van der Waals surface area contributed by atoms with E-state index in [-0.39, 0.29) is 18.6 Å². The second-order valence-electron chi connectivity index (χ2n) is 7.27. The van der Waals surface area contributed by atoms with Crippen LogP contribution in [0.3, 0.4) is 0 Å². The number of aromatic nitrogens is 2. The van der Waals surface area contributed by atoms with Crippen molar-refractivity contribution in [2.75, 3.05) is 18.5 Å². The van der Waals surface area contributed by atoms with E-state index in [9.17, 15) is 4.79 Å². The second kappa shape index (κ2) is 7.59. The number of hydrogen-bond acceptors (Lipinski definition) is 5. The molecule has 0 aliphatic carbocycles. The van der Waals surface area contributed by atoms with Gasteiger partial charge in [0.05, 0.1) is 12.6 Å². The molecule has 4 rings (SSSR count). The third-order valence-corrected chi connectivity index (χ3v) is 5.37. The largest absolute Gasteiger partial charge is 0.396 e. The van der Waals surface area contributed by atoms with Crippen LogP contribution in [-0.2, 0) is 24.8 Å². The summed E-state index contributed by atoms with van der Waals surface area (Å²) in [6, 6.07) is 8.23. The Balaban J connectivity index is 1.51. The molecular weight excluding hydrogens is 354 g/mol. The van der Waals surface area contributed by atoms with Crippen molar-refractivity contribution in [1.82, 2.24) is 14.7 Å². The van der Waals surface area contributed by atoms with E-state index in [4.69, 9.17) is 5.11 Å². The molecule has 1 aromatic carbocycles. The quantitative estimate of drug-likeness (QED) is 0.835. The first-order chi connectivity index (χ1) is 13.5. The summed E-state index contributed by atoms with van der Waals surface area (Å²) in [7, 11) is 1.95. The van der Waals surface area contributed by atoms with E-state index in [0.29, 0.717) is 13.0 Å². The van der Waals surface area contributed by atoms with E-state index in [1.54, 1.807) is 6.92 Å². The smallest absolute Gasteiger partial charge is 0.219 e. The summed E-state index contributed by atoms with van der Waals surface area (Å²) in [5.41, 5.74) is 5.40. The van der Waals surface area contributed by atoms with E-state index >= 15 is 0 Å². The molecule has 1 aromatic heterocycles. The van der Waals surface area contributed by atoms with Crippen LogP contribution in [0.15, 0.2) is 35.3 Å². The highest BCUT2D eigenvalue weighted by atomic mass is 16.3. The highest BCUT2D eigenvalue weighted by Gasteiger charge is 2.25. The van der Waals surface area contributed by atoms with Crippen LogP contribution < -0.4 is 5.32 Å². The van der Waals surface area contributed by atoms with Gasteiger partial charge in [-0.1, -0.05) is 18.2 Å². The van der Waals surface area contributed by atoms with Gasteiger partial charge in [0.1, 0.15) is 0 Å². The first-order valence-corrected chi connectivity index (χ1v) is 9.58. The van der Waals surface area contributed by atoms with Crippen molar-refractivity contribution in [3.8, 4) is 0 Å². The van der Waals surface area contributed by atoms with Crippen molar-refractivity contribution >= 4 is 29.2 Å². The highest BCUT2D eigenvalue weighted by Crippen LogP contribution is 2.29. The van der Waals surface area contributed by atoms with Crippen molar-refractivity contribution in [2.45, 2.75) is 32.4 Å². The number of aliphatic hydroxyl groups is 1. The molecule has 7 heteroatoms. The zero-order chi connectivity index (χ0) is 19.7. The minimum atomic E-state index is 0.0714. The number of anilines is 2. The molecule has 28 heavy (non-hydrogen) atoms. The lowest BCUT2D eigenvalue weighted by Crippen LogP contribution is -2.34. The fraction of sp³-hybridized carbons (Fsp3) is 0.381. The zero-order valence-electron chi connectivity index (χ0n) is 16.2. The van der Waals surface area contributed by atoms with Crippen LogP contribution in [0.1, 0.15) is 30.2 Å². The lowest BCUT2D eigenvalue weighted by Gasteiger charge is -2.26. The molecule has 0 radical (unpaired) electrons. The average molecular weight is 379 g/mol. The molecule has 0 fully saturated rings. The van der Waals surface area contributed by atoms with Crippen LogP contribution in [0.4, 0.5) is 11.5 Å². The number of aliphatic imine (C=N–C) groups is 1. The Hall–Kier alpha value is -2.93. The van der Waals surface area contributed by atoms with Crippen LogP contribution in [0.25, 0.3) is 5.57 Å². The summed E-state index contributed by atoms with van der Waals surface area (Å²) >= 11 is 0. The first-order valence-electron chi connectivity index (χ1n) is 9.58. The maximum atomic E-state index is 11.8. The Bertz CT molecular complexity index is 942. The fourth-order valence-corrected chi connectivity index (χ4v) is 3.77. The fourth-order valence-electron chi connectivity index (χ4n) is 3.77. The molecule has 3 heterocycles. The first kappa shape index (κ1) is 18.4. The Labute approximate surface area is 164 Å². The number of hydrogen-bond donors (Lipinski definition) is 2.